The zero-order valence-electron chi connectivity index (χ0n) is 12.8. The van der Waals surface area contributed by atoms with Crippen LogP contribution in [0.25, 0.3) is 0 Å². The average Bonchev–Trinajstić information content (AvgIpc) is 2.36. The maximum atomic E-state index is 12.3. The van der Waals surface area contributed by atoms with Crippen molar-refractivity contribution >= 4 is 11.9 Å². The summed E-state index contributed by atoms with van der Waals surface area (Å²) >= 11 is 0. The minimum absolute atomic E-state index is 0.0194. The van der Waals surface area contributed by atoms with Gasteiger partial charge in [-0.2, -0.15) is 0 Å². The van der Waals surface area contributed by atoms with E-state index in [1.807, 2.05) is 11.8 Å². The van der Waals surface area contributed by atoms with Gasteiger partial charge < -0.3 is 15.7 Å². The second-order valence-corrected chi connectivity index (χ2v) is 6.50. The van der Waals surface area contributed by atoms with E-state index in [4.69, 9.17) is 10.8 Å². The first-order valence-electron chi connectivity index (χ1n) is 7.57. The molecule has 1 heterocycles. The molecule has 1 fully saturated rings. The highest BCUT2D eigenvalue weighted by Gasteiger charge is 2.30. The highest BCUT2D eigenvalue weighted by Crippen LogP contribution is 2.26. The number of nitrogens with two attached hydrogens (primary N) is 1. The average molecular weight is 284 g/mol. The molecule has 0 saturated carbocycles. The number of nitrogens with zero attached hydrogens (tertiary/aromatic N) is 1. The third-order valence-electron chi connectivity index (χ3n) is 4.11. The Labute approximate surface area is 121 Å². The van der Waals surface area contributed by atoms with E-state index in [-0.39, 0.29) is 24.2 Å². The fourth-order valence-corrected chi connectivity index (χ4v) is 2.96. The van der Waals surface area contributed by atoms with Crippen molar-refractivity contribution in [3.8, 4) is 0 Å². The Kier molecular flexibility index (Phi) is 6.46. The number of carbonyl (C=O) groups is 2. The van der Waals surface area contributed by atoms with Crippen LogP contribution in [0, 0.1) is 17.8 Å². The Morgan fingerprint density at radius 2 is 2.00 bits per heavy atom. The van der Waals surface area contributed by atoms with E-state index in [0.717, 1.165) is 19.4 Å². The SMILES string of the molecule is CC(C)C[C@H](N)C(=O)N1CCCC(C(C)CC(=O)O)C1. The molecule has 5 nitrogen and oxygen atoms in total. The van der Waals surface area contributed by atoms with Crippen LogP contribution in [0.3, 0.4) is 0 Å². The van der Waals surface area contributed by atoms with Gasteiger partial charge in [0, 0.05) is 19.5 Å². The van der Waals surface area contributed by atoms with Gasteiger partial charge in [0.15, 0.2) is 0 Å². The molecular weight excluding hydrogens is 256 g/mol. The number of carboxylic acid groups (broad SMARTS) is 1. The summed E-state index contributed by atoms with van der Waals surface area (Å²) in [4.78, 5) is 24.9. The minimum Gasteiger partial charge on any atom is -0.481 e. The summed E-state index contributed by atoms with van der Waals surface area (Å²) in [5.74, 6) is 0.0309. The molecule has 1 aliphatic rings. The topological polar surface area (TPSA) is 83.6 Å². The number of carboxylic acids is 1. The maximum absolute atomic E-state index is 12.3. The molecule has 116 valence electrons. The van der Waals surface area contributed by atoms with Gasteiger partial charge in [0.1, 0.15) is 0 Å². The first-order chi connectivity index (χ1) is 9.31. The fraction of sp³-hybridized carbons (Fsp3) is 0.867. The number of likely N-dealkylation sites (tertiary alicyclic amines) is 1. The number of hydrogen-bond donors (Lipinski definition) is 2. The molecule has 20 heavy (non-hydrogen) atoms. The number of rotatable bonds is 6. The summed E-state index contributed by atoms with van der Waals surface area (Å²) < 4.78 is 0. The van der Waals surface area contributed by atoms with Crippen LogP contribution in [0.4, 0.5) is 0 Å². The molecule has 5 heteroatoms. The molecule has 0 radical (unpaired) electrons. The van der Waals surface area contributed by atoms with Gasteiger partial charge in [-0.1, -0.05) is 20.8 Å². The van der Waals surface area contributed by atoms with Crippen LogP contribution in [0.1, 0.15) is 46.5 Å². The standard InChI is InChI=1S/C15H28N2O3/c1-10(2)7-13(16)15(20)17-6-4-5-12(9-17)11(3)8-14(18)19/h10-13H,4-9,16H2,1-3H3,(H,18,19)/t11?,12?,13-/m0/s1. The van der Waals surface area contributed by atoms with E-state index in [1.54, 1.807) is 0 Å². The van der Waals surface area contributed by atoms with Crippen LogP contribution >= 0.6 is 0 Å². The van der Waals surface area contributed by atoms with Crippen molar-refractivity contribution in [1.82, 2.24) is 4.90 Å². The lowest BCUT2D eigenvalue weighted by molar-refractivity contribution is -0.138. The molecular formula is C15H28N2O3. The molecule has 1 rings (SSSR count). The Bertz CT molecular complexity index is 344. The molecule has 3 N–H and O–H groups in total. The van der Waals surface area contributed by atoms with Crippen molar-refractivity contribution in [2.75, 3.05) is 13.1 Å². The predicted molar refractivity (Wildman–Crippen MR) is 78.2 cm³/mol. The minimum atomic E-state index is -0.766. The van der Waals surface area contributed by atoms with E-state index < -0.39 is 12.0 Å². The molecule has 1 saturated heterocycles. The summed E-state index contributed by atoms with van der Waals surface area (Å²) in [6.07, 6.45) is 2.81. The Morgan fingerprint density at radius 1 is 1.35 bits per heavy atom. The van der Waals surface area contributed by atoms with E-state index in [2.05, 4.69) is 13.8 Å². The summed E-state index contributed by atoms with van der Waals surface area (Å²) in [7, 11) is 0. The first-order valence-corrected chi connectivity index (χ1v) is 7.57. The molecule has 0 aromatic rings. The van der Waals surface area contributed by atoms with E-state index in [0.29, 0.717) is 18.9 Å². The van der Waals surface area contributed by atoms with Gasteiger partial charge in [0.25, 0.3) is 0 Å². The highest BCUT2D eigenvalue weighted by atomic mass is 16.4. The van der Waals surface area contributed by atoms with Crippen molar-refractivity contribution in [3.63, 3.8) is 0 Å². The number of carbonyl (C=O) groups excluding carboxylic acids is 1. The Balaban J connectivity index is 2.55. The van der Waals surface area contributed by atoms with Crippen LogP contribution < -0.4 is 5.73 Å². The highest BCUT2D eigenvalue weighted by molar-refractivity contribution is 5.81. The summed E-state index contributed by atoms with van der Waals surface area (Å²) in [6.45, 7) is 7.48. The molecule has 1 aliphatic heterocycles. The molecule has 0 aliphatic carbocycles. The lowest BCUT2D eigenvalue weighted by Gasteiger charge is -2.36. The van der Waals surface area contributed by atoms with Gasteiger partial charge in [-0.25, -0.2) is 0 Å². The molecule has 3 atom stereocenters. The maximum Gasteiger partial charge on any atom is 0.303 e. The van der Waals surface area contributed by atoms with Crippen molar-refractivity contribution in [3.05, 3.63) is 0 Å². The normalized spacial score (nSPS) is 22.6. The van der Waals surface area contributed by atoms with Gasteiger partial charge in [0.05, 0.1) is 6.04 Å². The quantitative estimate of drug-likeness (QED) is 0.777. The van der Waals surface area contributed by atoms with Crippen molar-refractivity contribution < 1.29 is 14.7 Å². The number of piperidine rings is 1. The van der Waals surface area contributed by atoms with Gasteiger partial charge in [-0.3, -0.25) is 9.59 Å². The molecule has 1 amide bonds. The van der Waals surface area contributed by atoms with Gasteiger partial charge in [-0.15, -0.1) is 0 Å². The van der Waals surface area contributed by atoms with E-state index >= 15 is 0 Å². The summed E-state index contributed by atoms with van der Waals surface area (Å²) in [5, 5.41) is 8.88. The Morgan fingerprint density at radius 3 is 2.55 bits per heavy atom. The zero-order valence-corrected chi connectivity index (χ0v) is 12.8. The summed E-state index contributed by atoms with van der Waals surface area (Å²) in [6, 6.07) is -0.427. The van der Waals surface area contributed by atoms with Gasteiger partial charge >= 0.3 is 5.97 Å². The van der Waals surface area contributed by atoms with Gasteiger partial charge in [0.2, 0.25) is 5.91 Å². The monoisotopic (exact) mass is 284 g/mol. The zero-order chi connectivity index (χ0) is 15.3. The number of aliphatic carboxylic acids is 1. The van der Waals surface area contributed by atoms with Gasteiger partial charge in [-0.05, 0) is 37.0 Å². The number of hydrogen-bond acceptors (Lipinski definition) is 3. The molecule has 2 unspecified atom stereocenters. The Hall–Kier alpha value is -1.10. The molecule has 0 aromatic heterocycles. The second kappa shape index (κ2) is 7.62. The lowest BCUT2D eigenvalue weighted by atomic mass is 9.84. The van der Waals surface area contributed by atoms with E-state index in [1.165, 1.54) is 0 Å². The van der Waals surface area contributed by atoms with Crippen molar-refractivity contribution in [1.29, 1.82) is 0 Å². The number of amides is 1. The van der Waals surface area contributed by atoms with Crippen LogP contribution in [-0.2, 0) is 9.59 Å². The fourth-order valence-electron chi connectivity index (χ4n) is 2.96. The van der Waals surface area contributed by atoms with Crippen molar-refractivity contribution in [2.45, 2.75) is 52.5 Å². The third kappa shape index (κ3) is 5.12. The first kappa shape index (κ1) is 17.0. The second-order valence-electron chi connectivity index (χ2n) is 6.50. The van der Waals surface area contributed by atoms with Crippen LogP contribution in [0.15, 0.2) is 0 Å². The molecule has 0 aromatic carbocycles. The van der Waals surface area contributed by atoms with E-state index in [9.17, 15) is 9.59 Å². The van der Waals surface area contributed by atoms with Crippen molar-refractivity contribution in [2.24, 2.45) is 23.5 Å². The predicted octanol–water partition coefficient (Wildman–Crippen LogP) is 1.71. The smallest absolute Gasteiger partial charge is 0.303 e. The lowest BCUT2D eigenvalue weighted by Crippen LogP contribution is -2.49. The van der Waals surface area contributed by atoms with Crippen LogP contribution in [0.2, 0.25) is 0 Å². The molecule has 0 spiro atoms. The molecule has 0 bridgehead atoms. The largest absolute Gasteiger partial charge is 0.481 e. The third-order valence-corrected chi connectivity index (χ3v) is 4.11. The van der Waals surface area contributed by atoms with Crippen LogP contribution in [-0.4, -0.2) is 41.0 Å². The summed E-state index contributed by atoms with van der Waals surface area (Å²) in [5.41, 5.74) is 5.97. The van der Waals surface area contributed by atoms with Crippen LogP contribution in [0.5, 0.6) is 0 Å².